The molecule has 0 fully saturated rings. The number of amides is 2. The first-order valence-corrected chi connectivity index (χ1v) is 19.4. The molecule has 47 heavy (non-hydrogen) atoms. The lowest BCUT2D eigenvalue weighted by molar-refractivity contribution is -0.114. The molecule has 1 aliphatic rings. The molecule has 2 N–H and O–H groups in total. The third-order valence-electron chi connectivity index (χ3n) is 8.23. The van der Waals surface area contributed by atoms with Crippen molar-refractivity contribution in [2.24, 2.45) is 0 Å². The van der Waals surface area contributed by atoms with Gasteiger partial charge in [0.25, 0.3) is 5.78 Å². The fraction of sp³-hybridized carbons (Fsp3) is 0.457. The van der Waals surface area contributed by atoms with Crippen LogP contribution in [0.25, 0.3) is 0 Å². The molecule has 1 aliphatic carbocycles. The summed E-state index contributed by atoms with van der Waals surface area (Å²) in [5.41, 5.74) is -1.82. The molecule has 1 unspecified atom stereocenters. The minimum absolute atomic E-state index is 0.0330. The van der Waals surface area contributed by atoms with E-state index < -0.39 is 43.0 Å². The maximum atomic E-state index is 13.9. The average molecular weight is 664 g/mol. The van der Waals surface area contributed by atoms with Gasteiger partial charge < -0.3 is 24.3 Å². The molecule has 11 nitrogen and oxygen atoms in total. The lowest BCUT2D eigenvalue weighted by Gasteiger charge is -2.42. The quantitative estimate of drug-likeness (QED) is 0.110. The van der Waals surface area contributed by atoms with Crippen molar-refractivity contribution in [2.45, 2.75) is 96.5 Å². The van der Waals surface area contributed by atoms with Crippen LogP contribution in [-0.4, -0.2) is 63.8 Å². The molecule has 0 aliphatic heterocycles. The van der Waals surface area contributed by atoms with Gasteiger partial charge in [0.1, 0.15) is 23.8 Å². The number of benzene rings is 2. The standard InChI is InChI=1S/C35H45N3O8Si/c1-33(2,3)46-32(43)38(25-12-9-23(10-13-25)30(41)42)29(40)28(39)24-11-14-26-27(21-24)35(44,16-15-34(26,4)5)31-36-17-18-37(31)22-45-19-20-47(6,7)8/h9-14,17-18,21,44H,15-16,19-20,22H2,1-8H3,(H,41,42). The number of imidazole rings is 1. The summed E-state index contributed by atoms with van der Waals surface area (Å²) in [6.07, 6.45) is 3.19. The van der Waals surface area contributed by atoms with Gasteiger partial charge in [0.2, 0.25) is 0 Å². The molecule has 1 heterocycles. The predicted molar refractivity (Wildman–Crippen MR) is 179 cm³/mol. The van der Waals surface area contributed by atoms with Crippen molar-refractivity contribution in [3.05, 3.63) is 82.9 Å². The Morgan fingerprint density at radius 2 is 1.62 bits per heavy atom. The Bertz CT molecular complexity index is 1670. The van der Waals surface area contributed by atoms with Crippen LogP contribution in [0.1, 0.15) is 85.1 Å². The first-order chi connectivity index (χ1) is 21.7. The van der Waals surface area contributed by atoms with Crippen molar-refractivity contribution in [3.63, 3.8) is 0 Å². The molecule has 1 aromatic heterocycles. The second-order valence-corrected chi connectivity index (χ2v) is 20.5. The topological polar surface area (TPSA) is 148 Å². The Morgan fingerprint density at radius 3 is 2.21 bits per heavy atom. The minimum atomic E-state index is -1.59. The molecule has 252 valence electrons. The van der Waals surface area contributed by atoms with Gasteiger partial charge in [-0.3, -0.25) is 9.59 Å². The zero-order valence-electron chi connectivity index (χ0n) is 28.4. The molecule has 2 aromatic carbocycles. The Balaban J connectivity index is 1.73. The first-order valence-electron chi connectivity index (χ1n) is 15.7. The molecule has 1 atom stereocenters. The molecule has 0 saturated heterocycles. The summed E-state index contributed by atoms with van der Waals surface area (Å²) in [7, 11) is -1.30. The lowest BCUT2D eigenvalue weighted by Crippen LogP contribution is -2.44. The molecule has 0 radical (unpaired) electrons. The number of carbonyl (C=O) groups excluding carboxylic acids is 3. The maximum absolute atomic E-state index is 13.9. The number of aliphatic hydroxyl groups is 1. The van der Waals surface area contributed by atoms with Gasteiger partial charge in [0, 0.05) is 32.6 Å². The summed E-state index contributed by atoms with van der Waals surface area (Å²) < 4.78 is 13.2. The SMILES string of the molecule is CC(C)(C)OC(=O)N(C(=O)C(=O)c1ccc2c(c1)C(O)(c1nccn1COCC[Si](C)(C)C)CCC2(C)C)c1ccc(C(=O)O)cc1. The van der Waals surface area contributed by atoms with E-state index in [1.807, 2.05) is 0 Å². The Labute approximate surface area is 276 Å². The van der Waals surface area contributed by atoms with E-state index in [4.69, 9.17) is 9.47 Å². The summed E-state index contributed by atoms with van der Waals surface area (Å²) >= 11 is 0. The van der Waals surface area contributed by atoms with Crippen LogP contribution in [-0.2, 0) is 32.0 Å². The molecular weight excluding hydrogens is 618 g/mol. The average Bonchev–Trinajstić information content (AvgIpc) is 3.45. The predicted octanol–water partition coefficient (Wildman–Crippen LogP) is 6.35. The molecule has 0 bridgehead atoms. The van der Waals surface area contributed by atoms with Crippen LogP contribution in [0.4, 0.5) is 10.5 Å². The number of fused-ring (bicyclic) bond motifs is 1. The number of nitrogens with zero attached hydrogens (tertiary/aromatic N) is 3. The van der Waals surface area contributed by atoms with Gasteiger partial charge in [-0.05, 0) is 86.5 Å². The van der Waals surface area contributed by atoms with E-state index in [9.17, 15) is 29.4 Å². The van der Waals surface area contributed by atoms with Gasteiger partial charge in [-0.15, -0.1) is 0 Å². The number of rotatable bonds is 10. The van der Waals surface area contributed by atoms with Crippen LogP contribution < -0.4 is 4.90 Å². The molecule has 0 saturated carbocycles. The normalized spacial score (nSPS) is 17.5. The molecular formula is C35H45N3O8Si. The number of ketones is 1. The first kappa shape index (κ1) is 35.7. The van der Waals surface area contributed by atoms with Gasteiger partial charge >= 0.3 is 18.0 Å². The van der Waals surface area contributed by atoms with E-state index in [0.29, 0.717) is 35.7 Å². The van der Waals surface area contributed by atoms with Crippen molar-refractivity contribution in [3.8, 4) is 0 Å². The number of aromatic nitrogens is 2. The monoisotopic (exact) mass is 663 g/mol. The number of hydrogen-bond acceptors (Lipinski definition) is 8. The number of carbonyl (C=O) groups is 4. The Morgan fingerprint density at radius 1 is 0.979 bits per heavy atom. The zero-order valence-corrected chi connectivity index (χ0v) is 29.4. The summed E-state index contributed by atoms with van der Waals surface area (Å²) in [5, 5.41) is 21.6. The Hall–Kier alpha value is -4.13. The van der Waals surface area contributed by atoms with Gasteiger partial charge in [-0.1, -0.05) is 45.6 Å². The van der Waals surface area contributed by atoms with E-state index in [1.165, 1.54) is 36.4 Å². The van der Waals surface area contributed by atoms with E-state index in [1.54, 1.807) is 43.8 Å². The lowest BCUT2D eigenvalue weighted by atomic mass is 9.66. The second kappa shape index (κ2) is 13.2. The molecule has 12 heteroatoms. The number of imide groups is 1. The van der Waals surface area contributed by atoms with E-state index in [-0.39, 0.29) is 29.0 Å². The van der Waals surface area contributed by atoms with Gasteiger partial charge in [-0.2, -0.15) is 0 Å². The third kappa shape index (κ3) is 8.06. The van der Waals surface area contributed by atoms with Crippen molar-refractivity contribution in [1.29, 1.82) is 0 Å². The number of ether oxygens (including phenoxy) is 2. The summed E-state index contributed by atoms with van der Waals surface area (Å²) in [5.74, 6) is -3.03. The fourth-order valence-electron chi connectivity index (χ4n) is 5.52. The van der Waals surface area contributed by atoms with E-state index in [2.05, 4.69) is 38.5 Å². The largest absolute Gasteiger partial charge is 0.478 e. The number of carboxylic acids is 1. The van der Waals surface area contributed by atoms with Crippen molar-refractivity contribution >= 4 is 37.5 Å². The molecule has 4 rings (SSSR count). The highest BCUT2D eigenvalue weighted by Crippen LogP contribution is 2.48. The summed E-state index contributed by atoms with van der Waals surface area (Å²) in [4.78, 5) is 57.5. The number of Topliss-reactive ketones (excluding diaryl/α,β-unsaturated/α-hetero) is 1. The number of anilines is 1. The van der Waals surface area contributed by atoms with Crippen molar-refractivity contribution in [1.82, 2.24) is 9.55 Å². The molecule has 2 amide bonds. The van der Waals surface area contributed by atoms with E-state index >= 15 is 0 Å². The van der Waals surface area contributed by atoms with Crippen molar-refractivity contribution < 1.29 is 38.9 Å². The number of aromatic carboxylic acids is 1. The van der Waals surface area contributed by atoms with Crippen LogP contribution in [0.15, 0.2) is 54.9 Å². The van der Waals surface area contributed by atoms with E-state index in [0.717, 1.165) is 11.6 Å². The smallest absolute Gasteiger partial charge is 0.422 e. The van der Waals surface area contributed by atoms with Gasteiger partial charge in [0.05, 0.1) is 11.3 Å². The van der Waals surface area contributed by atoms with Crippen LogP contribution in [0.3, 0.4) is 0 Å². The fourth-order valence-corrected chi connectivity index (χ4v) is 6.28. The third-order valence-corrected chi connectivity index (χ3v) is 9.93. The Kier molecular flexibility index (Phi) is 10.0. The number of hydrogen-bond donors (Lipinski definition) is 2. The van der Waals surface area contributed by atoms with Gasteiger partial charge in [-0.25, -0.2) is 19.5 Å². The maximum Gasteiger partial charge on any atom is 0.422 e. The summed E-state index contributed by atoms with van der Waals surface area (Å²) in [6.45, 7) is 16.6. The highest BCUT2D eigenvalue weighted by molar-refractivity contribution is 6.76. The highest BCUT2D eigenvalue weighted by Gasteiger charge is 2.46. The van der Waals surface area contributed by atoms with Crippen molar-refractivity contribution in [2.75, 3.05) is 11.5 Å². The number of carboxylic acid groups (broad SMARTS) is 1. The van der Waals surface area contributed by atoms with Crippen LogP contribution >= 0.6 is 0 Å². The zero-order chi connectivity index (χ0) is 34.9. The molecule has 0 spiro atoms. The second-order valence-electron chi connectivity index (χ2n) is 14.9. The van der Waals surface area contributed by atoms with Crippen LogP contribution in [0.2, 0.25) is 25.7 Å². The van der Waals surface area contributed by atoms with Gasteiger partial charge in [0.15, 0.2) is 0 Å². The minimum Gasteiger partial charge on any atom is -0.478 e. The van der Waals surface area contributed by atoms with Crippen LogP contribution in [0, 0.1) is 0 Å². The highest BCUT2D eigenvalue weighted by atomic mass is 28.3. The van der Waals surface area contributed by atoms with Crippen LogP contribution in [0.5, 0.6) is 0 Å². The molecule has 3 aromatic rings. The summed E-state index contributed by atoms with van der Waals surface area (Å²) in [6, 6.07) is 10.7.